The van der Waals surface area contributed by atoms with Crippen LogP contribution in [0.15, 0.2) is 35.2 Å². The molecular weight excluding hydrogens is 300 g/mol. The summed E-state index contributed by atoms with van der Waals surface area (Å²) in [5.74, 6) is 0.327. The van der Waals surface area contributed by atoms with Crippen molar-refractivity contribution in [1.29, 1.82) is 0 Å². The first-order valence-electron chi connectivity index (χ1n) is 6.85. The standard InChI is InChI=1S/C17H15O4S/c1-3-14-16(8-7-15(11(2)18)17(14)19)21-10-12-5-4-6-13(9-12)22-20/h4-5,7-9H,3,10H2,1-2H3/p+1. The van der Waals surface area contributed by atoms with Crippen LogP contribution < -0.4 is 4.74 Å². The van der Waals surface area contributed by atoms with Gasteiger partial charge in [0.2, 0.25) is 0 Å². The summed E-state index contributed by atoms with van der Waals surface area (Å²) in [4.78, 5) is 12.0. The van der Waals surface area contributed by atoms with Crippen molar-refractivity contribution < 1.29 is 18.8 Å². The number of ether oxygens (including phenoxy) is 1. The Morgan fingerprint density at radius 1 is 1.36 bits per heavy atom. The summed E-state index contributed by atoms with van der Waals surface area (Å²) in [6.07, 6.45) is 0.548. The third-order valence-electron chi connectivity index (χ3n) is 3.30. The first-order chi connectivity index (χ1) is 10.6. The van der Waals surface area contributed by atoms with Crippen molar-refractivity contribution in [3.05, 3.63) is 53.1 Å². The zero-order valence-corrected chi connectivity index (χ0v) is 13.2. The number of ketones is 1. The molecule has 2 rings (SSSR count). The molecule has 1 N–H and O–H groups in total. The molecule has 0 aliphatic heterocycles. The number of aromatic hydroxyl groups is 1. The Kier molecular flexibility index (Phi) is 5.22. The maximum absolute atomic E-state index is 11.5. The smallest absolute Gasteiger partial charge is 0.505 e. The molecule has 0 fully saturated rings. The molecule has 2 aromatic rings. The first-order valence-corrected chi connectivity index (χ1v) is 7.60. The van der Waals surface area contributed by atoms with Crippen molar-refractivity contribution >= 4 is 17.4 Å². The van der Waals surface area contributed by atoms with E-state index in [0.717, 1.165) is 5.56 Å². The summed E-state index contributed by atoms with van der Waals surface area (Å²) in [5.41, 5.74) is 1.74. The summed E-state index contributed by atoms with van der Waals surface area (Å²) in [6.45, 7) is 3.57. The topological polar surface area (TPSA) is 63.6 Å². The van der Waals surface area contributed by atoms with E-state index in [4.69, 9.17) is 4.74 Å². The molecule has 0 atom stereocenters. The molecule has 0 spiro atoms. The Bertz CT molecular complexity index is 710. The number of phenolic OH excluding ortho intramolecular Hbond substituents is 1. The minimum absolute atomic E-state index is 0.0234. The monoisotopic (exact) mass is 316 g/mol. The van der Waals surface area contributed by atoms with Crippen LogP contribution >= 0.6 is 0 Å². The molecule has 0 unspecified atom stereocenters. The maximum atomic E-state index is 11.5. The third kappa shape index (κ3) is 3.49. The molecule has 0 aliphatic rings. The molecule has 113 valence electrons. The molecule has 0 bridgehead atoms. The lowest BCUT2D eigenvalue weighted by Crippen LogP contribution is -2.02. The minimum Gasteiger partial charge on any atom is -0.507 e. The van der Waals surface area contributed by atoms with E-state index in [1.54, 1.807) is 24.3 Å². The molecule has 0 amide bonds. The van der Waals surface area contributed by atoms with Crippen LogP contribution in [0.25, 0.3) is 0 Å². The highest BCUT2D eigenvalue weighted by molar-refractivity contribution is 7.65. The van der Waals surface area contributed by atoms with Gasteiger partial charge in [-0.1, -0.05) is 13.0 Å². The van der Waals surface area contributed by atoms with E-state index in [-0.39, 0.29) is 18.1 Å². The highest BCUT2D eigenvalue weighted by atomic mass is 32.1. The van der Waals surface area contributed by atoms with E-state index in [1.807, 2.05) is 13.0 Å². The average Bonchev–Trinajstić information content (AvgIpc) is 2.52. The summed E-state index contributed by atoms with van der Waals surface area (Å²) < 4.78 is 16.5. The van der Waals surface area contributed by atoms with Crippen molar-refractivity contribution in [2.24, 2.45) is 0 Å². The van der Waals surface area contributed by atoms with E-state index < -0.39 is 0 Å². The van der Waals surface area contributed by atoms with Gasteiger partial charge in [-0.2, -0.15) is 0 Å². The molecule has 2 aromatic carbocycles. The number of Topliss-reactive ketones (excluding diaryl/α,β-unsaturated/α-hetero) is 1. The van der Waals surface area contributed by atoms with Crippen LogP contribution in [0.1, 0.15) is 35.3 Å². The Hall–Kier alpha value is -2.27. The van der Waals surface area contributed by atoms with Crippen molar-refractivity contribution in [1.82, 2.24) is 0 Å². The van der Waals surface area contributed by atoms with E-state index in [0.29, 0.717) is 39.9 Å². The lowest BCUT2D eigenvalue weighted by Gasteiger charge is -2.13. The van der Waals surface area contributed by atoms with Gasteiger partial charge < -0.3 is 9.84 Å². The van der Waals surface area contributed by atoms with Crippen LogP contribution in [0.2, 0.25) is 0 Å². The molecule has 5 heteroatoms. The van der Waals surface area contributed by atoms with Gasteiger partial charge in [-0.15, -0.1) is 0 Å². The zero-order chi connectivity index (χ0) is 16.1. The molecular formula is C17H16O4S+. The fraction of sp³-hybridized carbons (Fsp3) is 0.235. The fourth-order valence-corrected chi connectivity index (χ4v) is 2.48. The molecule has 4 nitrogen and oxygen atoms in total. The second kappa shape index (κ2) is 7.13. The number of carbonyl (C=O) groups excluding carboxylic acids is 1. The van der Waals surface area contributed by atoms with Gasteiger partial charge in [0.25, 0.3) is 4.90 Å². The van der Waals surface area contributed by atoms with Crippen LogP contribution in [0.4, 0.5) is 0 Å². The summed E-state index contributed by atoms with van der Waals surface area (Å²) >= 11 is 0.381. The minimum atomic E-state index is -0.186. The predicted molar refractivity (Wildman–Crippen MR) is 83.4 cm³/mol. The Morgan fingerprint density at radius 3 is 2.77 bits per heavy atom. The lowest BCUT2D eigenvalue weighted by molar-refractivity contribution is 0.101. The Morgan fingerprint density at radius 2 is 2.14 bits per heavy atom. The largest absolute Gasteiger partial charge is 0.507 e. The number of benzene rings is 2. The van der Waals surface area contributed by atoms with Crippen LogP contribution in [0.5, 0.6) is 11.5 Å². The van der Waals surface area contributed by atoms with Gasteiger partial charge in [0, 0.05) is 15.8 Å². The summed E-state index contributed by atoms with van der Waals surface area (Å²) in [5, 5.41) is 10.2. The molecule has 0 saturated heterocycles. The lowest BCUT2D eigenvalue weighted by atomic mass is 10.0. The molecule has 22 heavy (non-hydrogen) atoms. The summed E-state index contributed by atoms with van der Waals surface area (Å²) in [6, 6.07) is 11.3. The van der Waals surface area contributed by atoms with Gasteiger partial charge in [0.05, 0.1) is 11.6 Å². The number of hydrogen-bond donors (Lipinski definition) is 1. The van der Waals surface area contributed by atoms with Gasteiger partial charge in [0.15, 0.2) is 5.78 Å². The van der Waals surface area contributed by atoms with Gasteiger partial charge in [0.1, 0.15) is 18.1 Å². The molecule has 0 heterocycles. The van der Waals surface area contributed by atoms with Crippen LogP contribution in [-0.4, -0.2) is 10.9 Å². The maximum Gasteiger partial charge on any atom is 0.505 e. The Labute approximate surface area is 133 Å². The van der Waals surface area contributed by atoms with E-state index >= 15 is 0 Å². The van der Waals surface area contributed by atoms with Crippen molar-refractivity contribution in [3.8, 4) is 11.5 Å². The highest BCUT2D eigenvalue weighted by Gasteiger charge is 2.15. The van der Waals surface area contributed by atoms with E-state index in [1.165, 1.54) is 6.92 Å². The Balaban J connectivity index is 2.24. The molecule has 1 radical (unpaired) electrons. The molecule has 0 saturated carbocycles. The van der Waals surface area contributed by atoms with Crippen LogP contribution in [-0.2, 0) is 28.9 Å². The van der Waals surface area contributed by atoms with Crippen molar-refractivity contribution in [2.45, 2.75) is 31.8 Å². The normalized spacial score (nSPS) is 10.3. The quantitative estimate of drug-likeness (QED) is 0.656. The fourth-order valence-electron chi connectivity index (χ4n) is 2.17. The SMILES string of the molecule is CCc1c(OCc2cc[c]c([S+]=O)c2)ccc(C(C)=O)c1O. The number of phenols is 1. The van der Waals surface area contributed by atoms with Gasteiger partial charge >= 0.3 is 11.7 Å². The molecule has 0 aromatic heterocycles. The number of rotatable bonds is 6. The second-order valence-corrected chi connectivity index (χ2v) is 5.39. The van der Waals surface area contributed by atoms with Crippen LogP contribution in [0.3, 0.4) is 0 Å². The second-order valence-electron chi connectivity index (χ2n) is 4.78. The zero-order valence-electron chi connectivity index (χ0n) is 12.4. The highest BCUT2D eigenvalue weighted by Crippen LogP contribution is 2.32. The van der Waals surface area contributed by atoms with Gasteiger partial charge in [-0.25, -0.2) is 0 Å². The molecule has 0 aliphatic carbocycles. The summed E-state index contributed by atoms with van der Waals surface area (Å²) in [7, 11) is 0. The number of hydrogen-bond acceptors (Lipinski definition) is 4. The van der Waals surface area contributed by atoms with Crippen molar-refractivity contribution in [3.63, 3.8) is 0 Å². The predicted octanol–water partition coefficient (Wildman–Crippen LogP) is 3.32. The first kappa shape index (κ1) is 16.1. The van der Waals surface area contributed by atoms with E-state index in [9.17, 15) is 14.1 Å². The van der Waals surface area contributed by atoms with Gasteiger partial charge in [-0.05, 0) is 37.1 Å². The third-order valence-corrected chi connectivity index (χ3v) is 3.71. The van der Waals surface area contributed by atoms with Crippen molar-refractivity contribution in [2.75, 3.05) is 0 Å². The number of carbonyl (C=O) groups is 1. The average molecular weight is 316 g/mol. The van der Waals surface area contributed by atoms with Gasteiger partial charge in [-0.3, -0.25) is 4.79 Å². The van der Waals surface area contributed by atoms with E-state index in [2.05, 4.69) is 6.07 Å². The van der Waals surface area contributed by atoms with Crippen LogP contribution in [0, 0.1) is 6.07 Å².